The van der Waals surface area contributed by atoms with E-state index < -0.39 is 5.54 Å². The molecule has 0 bridgehead atoms. The quantitative estimate of drug-likeness (QED) is 0.928. The van der Waals surface area contributed by atoms with Crippen LogP contribution in [0.5, 0.6) is 0 Å². The zero-order chi connectivity index (χ0) is 14.2. The average Bonchev–Trinajstić information content (AvgIpc) is 3.08. The van der Waals surface area contributed by atoms with Gasteiger partial charge in [-0.1, -0.05) is 18.5 Å². The molecule has 5 nitrogen and oxygen atoms in total. The van der Waals surface area contributed by atoms with Gasteiger partial charge in [-0.05, 0) is 44.6 Å². The van der Waals surface area contributed by atoms with Gasteiger partial charge in [0.2, 0.25) is 11.7 Å². The van der Waals surface area contributed by atoms with Crippen molar-refractivity contribution >= 4 is 0 Å². The van der Waals surface area contributed by atoms with Crippen LogP contribution in [0.15, 0.2) is 21.3 Å². The monoisotopic (exact) mass is 275 g/mol. The van der Waals surface area contributed by atoms with Crippen molar-refractivity contribution in [3.05, 3.63) is 24.0 Å². The third-order valence-electron chi connectivity index (χ3n) is 4.53. The third kappa shape index (κ3) is 2.26. The number of nitrogens with zero attached hydrogens (tertiary/aromatic N) is 2. The Kier molecular flexibility index (Phi) is 3.38. The molecule has 2 aromatic rings. The first-order chi connectivity index (χ1) is 9.62. The molecule has 2 aromatic heterocycles. The van der Waals surface area contributed by atoms with Crippen LogP contribution >= 0.6 is 0 Å². The zero-order valence-corrected chi connectivity index (χ0v) is 12.1. The highest BCUT2D eigenvalue weighted by Crippen LogP contribution is 2.38. The zero-order valence-electron chi connectivity index (χ0n) is 12.1. The molecule has 2 N–H and O–H groups in total. The summed E-state index contributed by atoms with van der Waals surface area (Å²) in [5.74, 6) is 2.69. The molecule has 0 unspecified atom stereocenters. The maximum atomic E-state index is 6.48. The van der Waals surface area contributed by atoms with E-state index in [0.717, 1.165) is 42.9 Å². The van der Waals surface area contributed by atoms with Crippen LogP contribution in [0.25, 0.3) is 11.4 Å². The van der Waals surface area contributed by atoms with Crippen molar-refractivity contribution in [2.45, 2.75) is 51.5 Å². The number of aromatic nitrogens is 2. The van der Waals surface area contributed by atoms with Gasteiger partial charge in [-0.3, -0.25) is 0 Å². The van der Waals surface area contributed by atoms with Crippen molar-refractivity contribution in [2.24, 2.45) is 11.7 Å². The largest absolute Gasteiger partial charge is 0.469 e. The second-order valence-corrected chi connectivity index (χ2v) is 5.82. The second kappa shape index (κ2) is 5.05. The summed E-state index contributed by atoms with van der Waals surface area (Å²) in [5, 5.41) is 4.05. The SMILES string of the molecule is CCC1CCC(N)(c2nc(-c3ccoc3C)no2)CC1. The minimum atomic E-state index is -0.464. The van der Waals surface area contributed by atoms with Gasteiger partial charge in [-0.2, -0.15) is 4.98 Å². The number of rotatable bonds is 3. The standard InChI is InChI=1S/C15H21N3O2/c1-3-11-4-7-15(16,8-5-11)14-17-13(18-20-14)12-6-9-19-10(12)2/h6,9,11H,3-5,7-8,16H2,1-2H3. The first-order valence-electron chi connectivity index (χ1n) is 7.30. The summed E-state index contributed by atoms with van der Waals surface area (Å²) in [7, 11) is 0. The number of nitrogens with two attached hydrogens (primary N) is 1. The van der Waals surface area contributed by atoms with E-state index in [-0.39, 0.29) is 0 Å². The predicted octanol–water partition coefficient (Wildman–Crippen LogP) is 3.39. The molecule has 5 heteroatoms. The molecule has 0 atom stereocenters. The molecule has 0 aromatic carbocycles. The van der Waals surface area contributed by atoms with Gasteiger partial charge in [-0.25, -0.2) is 0 Å². The van der Waals surface area contributed by atoms with E-state index in [1.165, 1.54) is 6.42 Å². The Labute approximate surface area is 118 Å². The van der Waals surface area contributed by atoms with Crippen molar-refractivity contribution in [1.29, 1.82) is 0 Å². The molecule has 1 fully saturated rings. The van der Waals surface area contributed by atoms with Crippen molar-refractivity contribution in [3.8, 4) is 11.4 Å². The summed E-state index contributed by atoms with van der Waals surface area (Å²) in [6, 6.07) is 1.85. The van der Waals surface area contributed by atoms with E-state index >= 15 is 0 Å². The lowest BCUT2D eigenvalue weighted by atomic mass is 9.76. The molecule has 20 heavy (non-hydrogen) atoms. The number of furan rings is 1. The highest BCUT2D eigenvalue weighted by Gasteiger charge is 2.37. The van der Waals surface area contributed by atoms with Gasteiger partial charge < -0.3 is 14.7 Å². The topological polar surface area (TPSA) is 78.1 Å². The van der Waals surface area contributed by atoms with E-state index in [9.17, 15) is 0 Å². The summed E-state index contributed by atoms with van der Waals surface area (Å²) in [6.07, 6.45) is 6.95. The van der Waals surface area contributed by atoms with Gasteiger partial charge >= 0.3 is 0 Å². The van der Waals surface area contributed by atoms with Crippen molar-refractivity contribution in [1.82, 2.24) is 10.1 Å². The lowest BCUT2D eigenvalue weighted by molar-refractivity contribution is 0.181. The lowest BCUT2D eigenvalue weighted by Gasteiger charge is -2.33. The van der Waals surface area contributed by atoms with Crippen LogP contribution in [0.3, 0.4) is 0 Å². The molecular formula is C15H21N3O2. The van der Waals surface area contributed by atoms with Crippen LogP contribution in [-0.4, -0.2) is 10.1 Å². The number of hydrogen-bond acceptors (Lipinski definition) is 5. The summed E-state index contributed by atoms with van der Waals surface area (Å²) < 4.78 is 10.7. The molecule has 1 aliphatic carbocycles. The molecular weight excluding hydrogens is 254 g/mol. The molecule has 2 heterocycles. The van der Waals surface area contributed by atoms with Crippen LogP contribution in [0.2, 0.25) is 0 Å². The molecule has 0 spiro atoms. The Morgan fingerprint density at radius 1 is 1.40 bits per heavy atom. The minimum absolute atomic E-state index is 0.464. The van der Waals surface area contributed by atoms with Gasteiger partial charge in [-0.15, -0.1) is 0 Å². The Morgan fingerprint density at radius 3 is 2.75 bits per heavy atom. The maximum Gasteiger partial charge on any atom is 0.247 e. The minimum Gasteiger partial charge on any atom is -0.469 e. The van der Waals surface area contributed by atoms with Crippen LogP contribution in [-0.2, 0) is 5.54 Å². The van der Waals surface area contributed by atoms with E-state index in [4.69, 9.17) is 14.7 Å². The fourth-order valence-electron chi connectivity index (χ4n) is 2.97. The van der Waals surface area contributed by atoms with E-state index in [1.807, 2.05) is 13.0 Å². The third-order valence-corrected chi connectivity index (χ3v) is 4.53. The molecule has 108 valence electrons. The van der Waals surface area contributed by atoms with E-state index in [1.54, 1.807) is 6.26 Å². The Hall–Kier alpha value is -1.62. The normalized spacial score (nSPS) is 26.9. The van der Waals surface area contributed by atoms with Crippen LogP contribution < -0.4 is 5.73 Å². The van der Waals surface area contributed by atoms with Gasteiger partial charge in [0.1, 0.15) is 5.76 Å². The molecule has 0 amide bonds. The lowest BCUT2D eigenvalue weighted by Crippen LogP contribution is -2.40. The summed E-state index contributed by atoms with van der Waals surface area (Å²) in [4.78, 5) is 4.50. The maximum absolute atomic E-state index is 6.48. The summed E-state index contributed by atoms with van der Waals surface area (Å²) in [5.41, 5.74) is 6.89. The number of aryl methyl sites for hydroxylation is 1. The predicted molar refractivity (Wildman–Crippen MR) is 74.9 cm³/mol. The van der Waals surface area contributed by atoms with Crippen LogP contribution in [0.4, 0.5) is 0 Å². The smallest absolute Gasteiger partial charge is 0.247 e. The highest BCUT2D eigenvalue weighted by atomic mass is 16.5. The average molecular weight is 275 g/mol. The highest BCUT2D eigenvalue weighted by molar-refractivity contribution is 5.56. The summed E-state index contributed by atoms with van der Waals surface area (Å²) in [6.45, 7) is 4.12. The fourth-order valence-corrected chi connectivity index (χ4v) is 2.97. The Bertz CT molecular complexity index is 579. The van der Waals surface area contributed by atoms with Gasteiger partial charge in [0.15, 0.2) is 0 Å². The Morgan fingerprint density at radius 2 is 2.15 bits per heavy atom. The van der Waals surface area contributed by atoms with Gasteiger partial charge in [0.05, 0.1) is 17.4 Å². The van der Waals surface area contributed by atoms with Crippen molar-refractivity contribution in [3.63, 3.8) is 0 Å². The van der Waals surface area contributed by atoms with E-state index in [2.05, 4.69) is 17.1 Å². The molecule has 0 saturated heterocycles. The van der Waals surface area contributed by atoms with Crippen LogP contribution in [0.1, 0.15) is 50.7 Å². The van der Waals surface area contributed by atoms with Gasteiger partial charge in [0, 0.05) is 0 Å². The molecule has 1 aliphatic rings. The fraction of sp³-hybridized carbons (Fsp3) is 0.600. The Balaban J connectivity index is 1.82. The molecule has 1 saturated carbocycles. The van der Waals surface area contributed by atoms with Crippen LogP contribution in [0, 0.1) is 12.8 Å². The number of hydrogen-bond donors (Lipinski definition) is 1. The summed E-state index contributed by atoms with van der Waals surface area (Å²) >= 11 is 0. The molecule has 0 aliphatic heterocycles. The molecule has 0 radical (unpaired) electrons. The first-order valence-corrected chi connectivity index (χ1v) is 7.30. The van der Waals surface area contributed by atoms with Crippen molar-refractivity contribution in [2.75, 3.05) is 0 Å². The van der Waals surface area contributed by atoms with Gasteiger partial charge in [0.25, 0.3) is 0 Å². The first kappa shape index (κ1) is 13.4. The van der Waals surface area contributed by atoms with E-state index in [0.29, 0.717) is 11.7 Å². The van der Waals surface area contributed by atoms with Crippen molar-refractivity contribution < 1.29 is 8.94 Å². The second-order valence-electron chi connectivity index (χ2n) is 5.82. The molecule has 3 rings (SSSR count).